The number of esters is 1. The number of likely N-dealkylation sites (N-methyl/N-ethyl adjacent to an activating group) is 1. The van der Waals surface area contributed by atoms with E-state index in [1.54, 1.807) is 24.5 Å². The first-order valence-electron chi connectivity index (χ1n) is 12.4. The van der Waals surface area contributed by atoms with Gasteiger partial charge in [-0.2, -0.15) is 0 Å². The monoisotopic (exact) mass is 514 g/mol. The van der Waals surface area contributed by atoms with E-state index in [2.05, 4.69) is 42.1 Å². The zero-order valence-electron chi connectivity index (χ0n) is 21.3. The van der Waals surface area contributed by atoms with Crippen molar-refractivity contribution < 1.29 is 14.3 Å². The summed E-state index contributed by atoms with van der Waals surface area (Å²) < 4.78 is 4.75. The van der Waals surface area contributed by atoms with Crippen LogP contribution >= 0.6 is 0 Å². The number of piperazine rings is 1. The second-order valence-electron chi connectivity index (χ2n) is 9.39. The summed E-state index contributed by atoms with van der Waals surface area (Å²) in [7, 11) is 3.46. The fraction of sp³-hybridized carbons (Fsp3) is 0.296. The van der Waals surface area contributed by atoms with E-state index in [9.17, 15) is 9.59 Å². The Morgan fingerprint density at radius 3 is 2.61 bits per heavy atom. The zero-order chi connectivity index (χ0) is 26.6. The van der Waals surface area contributed by atoms with Crippen molar-refractivity contribution in [2.75, 3.05) is 45.7 Å². The number of hydrogen-bond acceptors (Lipinski definition) is 9. The van der Waals surface area contributed by atoms with Gasteiger partial charge in [-0.1, -0.05) is 12.1 Å². The molecular weight excluding hydrogens is 484 g/mol. The van der Waals surface area contributed by atoms with Crippen molar-refractivity contribution >= 4 is 28.9 Å². The van der Waals surface area contributed by atoms with Gasteiger partial charge in [0.05, 0.1) is 18.8 Å². The molecule has 11 nitrogen and oxygen atoms in total. The van der Waals surface area contributed by atoms with E-state index in [4.69, 9.17) is 10.5 Å². The summed E-state index contributed by atoms with van der Waals surface area (Å²) in [5, 5.41) is 3.48. The van der Waals surface area contributed by atoms with Crippen LogP contribution in [0.4, 0.5) is 5.95 Å². The molecule has 4 N–H and O–H groups in total. The van der Waals surface area contributed by atoms with Crippen molar-refractivity contribution in [1.82, 2.24) is 29.7 Å². The van der Waals surface area contributed by atoms with Crippen LogP contribution < -0.4 is 11.1 Å². The van der Waals surface area contributed by atoms with Crippen LogP contribution in [0.15, 0.2) is 54.9 Å². The number of pyridine rings is 1. The van der Waals surface area contributed by atoms with Gasteiger partial charge in [0.25, 0.3) is 5.91 Å². The third-order valence-electron chi connectivity index (χ3n) is 6.69. The number of anilines is 1. The molecule has 1 unspecified atom stereocenters. The van der Waals surface area contributed by atoms with Crippen molar-refractivity contribution in [1.29, 1.82) is 0 Å². The molecule has 0 bridgehead atoms. The minimum Gasteiger partial charge on any atom is -0.464 e. The molecule has 0 aliphatic carbocycles. The highest BCUT2D eigenvalue weighted by Crippen LogP contribution is 2.23. The number of nitrogens with zero attached hydrogens (tertiary/aromatic N) is 5. The summed E-state index contributed by atoms with van der Waals surface area (Å²) in [5.41, 5.74) is 10.2. The van der Waals surface area contributed by atoms with Gasteiger partial charge in [0.1, 0.15) is 11.3 Å². The Balaban J connectivity index is 1.24. The topological polar surface area (TPSA) is 142 Å². The van der Waals surface area contributed by atoms with Crippen LogP contribution in [0.2, 0.25) is 0 Å². The van der Waals surface area contributed by atoms with E-state index >= 15 is 0 Å². The van der Waals surface area contributed by atoms with E-state index in [0.717, 1.165) is 38.1 Å². The third kappa shape index (κ3) is 5.70. The Bertz CT molecular complexity index is 1440. The molecule has 3 aromatic heterocycles. The molecule has 196 valence electrons. The van der Waals surface area contributed by atoms with E-state index in [-0.39, 0.29) is 11.9 Å². The number of amides is 1. The maximum absolute atomic E-state index is 12.8. The molecule has 4 aromatic rings. The SMILES string of the molecule is COC(=O)c1cc2cc(C(N)c3ccnc(NC(=O)c4ccc(CN5CCN(C)CC5)cc4)n3)cnc2[nH]1. The Hall–Kier alpha value is -4.19. The highest BCUT2D eigenvalue weighted by atomic mass is 16.5. The highest BCUT2D eigenvalue weighted by Gasteiger charge is 2.17. The molecule has 1 atom stereocenters. The number of fused-ring (bicyclic) bond motifs is 1. The lowest BCUT2D eigenvalue weighted by molar-refractivity contribution is 0.0595. The van der Waals surface area contributed by atoms with Gasteiger partial charge >= 0.3 is 5.97 Å². The third-order valence-corrected chi connectivity index (χ3v) is 6.69. The molecule has 4 heterocycles. The summed E-state index contributed by atoms with van der Waals surface area (Å²) in [6.07, 6.45) is 3.17. The minimum absolute atomic E-state index is 0.160. The lowest BCUT2D eigenvalue weighted by Crippen LogP contribution is -2.43. The Kier molecular flexibility index (Phi) is 7.40. The smallest absolute Gasteiger partial charge is 0.354 e. The number of rotatable bonds is 7. The van der Waals surface area contributed by atoms with E-state index in [0.29, 0.717) is 28.2 Å². The van der Waals surface area contributed by atoms with Crippen LogP contribution in [-0.4, -0.2) is 81.9 Å². The van der Waals surface area contributed by atoms with Gasteiger partial charge < -0.3 is 20.4 Å². The van der Waals surface area contributed by atoms with Gasteiger partial charge in [0.2, 0.25) is 5.95 Å². The van der Waals surface area contributed by atoms with Crippen molar-refractivity contribution in [3.8, 4) is 0 Å². The molecule has 1 aliphatic rings. The van der Waals surface area contributed by atoms with Crippen LogP contribution in [0.5, 0.6) is 0 Å². The summed E-state index contributed by atoms with van der Waals surface area (Å²) in [5.74, 6) is -0.615. The largest absolute Gasteiger partial charge is 0.464 e. The number of carbonyl (C=O) groups is 2. The van der Waals surface area contributed by atoms with Crippen LogP contribution in [0.25, 0.3) is 11.0 Å². The minimum atomic E-state index is -0.615. The molecule has 1 saturated heterocycles. The maximum atomic E-state index is 12.8. The second kappa shape index (κ2) is 11.1. The Labute approximate surface area is 220 Å². The summed E-state index contributed by atoms with van der Waals surface area (Å²) in [4.78, 5) is 45.3. The normalized spacial score (nSPS) is 15.3. The number of H-pyrrole nitrogens is 1. The lowest BCUT2D eigenvalue weighted by atomic mass is 10.1. The van der Waals surface area contributed by atoms with Gasteiger partial charge in [-0.25, -0.2) is 19.7 Å². The summed E-state index contributed by atoms with van der Waals surface area (Å²) in [6, 6.07) is 12.2. The maximum Gasteiger partial charge on any atom is 0.354 e. The number of carbonyl (C=O) groups excluding carboxylic acids is 2. The number of benzene rings is 1. The Morgan fingerprint density at radius 2 is 1.87 bits per heavy atom. The Morgan fingerprint density at radius 1 is 1.11 bits per heavy atom. The predicted molar refractivity (Wildman–Crippen MR) is 143 cm³/mol. The van der Waals surface area contributed by atoms with Crippen LogP contribution in [0.1, 0.15) is 43.7 Å². The van der Waals surface area contributed by atoms with Gasteiger partial charge in [-0.05, 0) is 48.5 Å². The number of aromatic nitrogens is 4. The van der Waals surface area contributed by atoms with Crippen molar-refractivity contribution in [2.24, 2.45) is 5.73 Å². The van der Waals surface area contributed by atoms with E-state index in [1.165, 1.54) is 12.7 Å². The molecule has 0 saturated carbocycles. The molecule has 1 aromatic carbocycles. The average molecular weight is 515 g/mol. The van der Waals surface area contributed by atoms with Crippen LogP contribution in [0, 0.1) is 0 Å². The van der Waals surface area contributed by atoms with Gasteiger partial charge in [0, 0.05) is 56.1 Å². The van der Waals surface area contributed by atoms with Gasteiger partial charge in [-0.15, -0.1) is 0 Å². The molecule has 5 rings (SSSR count). The molecular formula is C27H30N8O3. The average Bonchev–Trinajstić information content (AvgIpc) is 3.37. The number of ether oxygens (including phenoxy) is 1. The molecule has 0 radical (unpaired) electrons. The molecule has 1 aliphatic heterocycles. The van der Waals surface area contributed by atoms with Gasteiger partial charge in [-0.3, -0.25) is 15.0 Å². The zero-order valence-corrected chi connectivity index (χ0v) is 21.3. The molecule has 0 spiro atoms. The lowest BCUT2D eigenvalue weighted by Gasteiger charge is -2.32. The van der Waals surface area contributed by atoms with Crippen LogP contribution in [-0.2, 0) is 11.3 Å². The van der Waals surface area contributed by atoms with Crippen molar-refractivity contribution in [3.63, 3.8) is 0 Å². The molecule has 1 amide bonds. The summed E-state index contributed by atoms with van der Waals surface area (Å²) >= 11 is 0. The molecule has 1 fully saturated rings. The number of methoxy groups -OCH3 is 1. The highest BCUT2D eigenvalue weighted by molar-refractivity contribution is 6.03. The first kappa shape index (κ1) is 25.5. The first-order valence-corrected chi connectivity index (χ1v) is 12.4. The fourth-order valence-electron chi connectivity index (χ4n) is 4.40. The van der Waals surface area contributed by atoms with Crippen LogP contribution in [0.3, 0.4) is 0 Å². The van der Waals surface area contributed by atoms with Crippen molar-refractivity contribution in [3.05, 3.63) is 82.9 Å². The molecule has 11 heteroatoms. The number of aromatic amines is 1. The van der Waals surface area contributed by atoms with E-state index in [1.807, 2.05) is 30.3 Å². The first-order chi connectivity index (χ1) is 18.4. The quantitative estimate of drug-likeness (QED) is 0.316. The van der Waals surface area contributed by atoms with E-state index < -0.39 is 12.0 Å². The number of nitrogens with two attached hydrogens (primary N) is 1. The van der Waals surface area contributed by atoms with Crippen molar-refractivity contribution in [2.45, 2.75) is 12.6 Å². The number of hydrogen-bond donors (Lipinski definition) is 3. The molecule has 38 heavy (non-hydrogen) atoms. The standard InChI is InChI=1S/C27H30N8O3/c1-34-9-11-35(12-10-34)16-17-3-5-18(6-4-17)25(36)33-27-29-8-7-21(32-27)23(28)20-13-19-14-22(26(37)38-2)31-24(19)30-15-20/h3-8,13-15,23H,9-12,16,28H2,1-2H3,(H,30,31)(H,29,32,33,36). The van der Waals surface area contributed by atoms with Gasteiger partial charge in [0.15, 0.2) is 0 Å². The number of nitrogens with one attached hydrogen (secondary N) is 2. The fourth-order valence-corrected chi connectivity index (χ4v) is 4.40. The predicted octanol–water partition coefficient (Wildman–Crippen LogP) is 2.19. The summed E-state index contributed by atoms with van der Waals surface area (Å²) in [6.45, 7) is 5.08. The second-order valence-corrected chi connectivity index (χ2v) is 9.39.